The molecule has 0 spiro atoms. The molecule has 4 rings (SSSR count). The van der Waals surface area contributed by atoms with Gasteiger partial charge in [-0.2, -0.15) is 0 Å². The molecule has 0 aliphatic carbocycles. The highest BCUT2D eigenvalue weighted by Gasteiger charge is 2.39. The van der Waals surface area contributed by atoms with Crippen molar-refractivity contribution in [3.05, 3.63) is 34.9 Å². The summed E-state index contributed by atoms with van der Waals surface area (Å²) in [5, 5.41) is 5.75. The number of fused-ring (bicyclic) bond motifs is 1. The van der Waals surface area contributed by atoms with Gasteiger partial charge in [-0.1, -0.05) is 12.1 Å². The molecule has 150 valence electrons. The van der Waals surface area contributed by atoms with Gasteiger partial charge < -0.3 is 15.1 Å². The highest BCUT2D eigenvalue weighted by Crippen LogP contribution is 2.28. The largest absolute Gasteiger partial charge is 0.322 e. The molecule has 0 aromatic heterocycles. The molecule has 1 unspecified atom stereocenters. The molecule has 3 heterocycles. The van der Waals surface area contributed by atoms with Gasteiger partial charge in [0.25, 0.3) is 5.91 Å². The molecule has 0 radical (unpaired) electrons. The maximum Gasteiger partial charge on any atom is 0.255 e. The van der Waals surface area contributed by atoms with E-state index in [1.807, 2.05) is 12.1 Å². The Balaban J connectivity index is 1.41. The molecule has 2 saturated heterocycles. The molecule has 7 heteroatoms. The average molecular weight is 384 g/mol. The standard InChI is InChI=1S/C21H28N4O3/c1-24(11-14-6-8-22-9-7-14)12-15-2-3-16-13-25(21(28)17(16)10-15)18-4-5-19(26)23-20(18)27/h2-3,10,14,18,22H,4-9,11-13H2,1H3,(H,23,26,27). The van der Waals surface area contributed by atoms with Crippen molar-refractivity contribution in [2.75, 3.05) is 26.7 Å². The zero-order valence-electron chi connectivity index (χ0n) is 16.4. The molecule has 3 aliphatic heterocycles. The third-order valence-corrected chi connectivity index (χ3v) is 6.07. The van der Waals surface area contributed by atoms with Gasteiger partial charge in [0, 0.05) is 31.6 Å². The van der Waals surface area contributed by atoms with E-state index in [1.165, 1.54) is 12.8 Å². The molecule has 1 aromatic carbocycles. The maximum absolute atomic E-state index is 12.9. The molecular formula is C21H28N4O3. The Kier molecular flexibility index (Phi) is 5.46. The van der Waals surface area contributed by atoms with Gasteiger partial charge in [0.15, 0.2) is 0 Å². The smallest absolute Gasteiger partial charge is 0.255 e. The number of hydrogen-bond acceptors (Lipinski definition) is 5. The first-order chi connectivity index (χ1) is 13.5. The van der Waals surface area contributed by atoms with Crippen molar-refractivity contribution in [1.82, 2.24) is 20.4 Å². The number of carbonyl (C=O) groups is 3. The first-order valence-electron chi connectivity index (χ1n) is 10.2. The highest BCUT2D eigenvalue weighted by molar-refractivity contribution is 6.05. The lowest BCUT2D eigenvalue weighted by atomic mass is 9.97. The van der Waals surface area contributed by atoms with Gasteiger partial charge in [-0.05, 0) is 62.5 Å². The number of benzene rings is 1. The molecule has 0 bridgehead atoms. The van der Waals surface area contributed by atoms with Crippen molar-refractivity contribution >= 4 is 17.7 Å². The van der Waals surface area contributed by atoms with Crippen molar-refractivity contribution in [2.45, 2.75) is 44.8 Å². The number of imide groups is 1. The summed E-state index contributed by atoms with van der Waals surface area (Å²) < 4.78 is 0. The second-order valence-corrected chi connectivity index (χ2v) is 8.28. The molecule has 2 fully saturated rings. The monoisotopic (exact) mass is 384 g/mol. The Bertz CT molecular complexity index is 788. The van der Waals surface area contributed by atoms with Crippen LogP contribution in [0.4, 0.5) is 0 Å². The molecule has 2 N–H and O–H groups in total. The normalized spacial score (nSPS) is 23.3. The fraction of sp³-hybridized carbons (Fsp3) is 0.571. The van der Waals surface area contributed by atoms with Gasteiger partial charge in [0.05, 0.1) is 0 Å². The molecule has 1 aromatic rings. The van der Waals surface area contributed by atoms with Crippen molar-refractivity contribution in [3.63, 3.8) is 0 Å². The molecule has 1 atom stereocenters. The Morgan fingerprint density at radius 1 is 1.14 bits per heavy atom. The molecular weight excluding hydrogens is 356 g/mol. The van der Waals surface area contributed by atoms with Crippen LogP contribution in [-0.2, 0) is 22.7 Å². The van der Waals surface area contributed by atoms with Crippen molar-refractivity contribution in [2.24, 2.45) is 5.92 Å². The summed E-state index contributed by atoms with van der Waals surface area (Å²) in [5.74, 6) is 0.00139. The number of carbonyl (C=O) groups excluding carboxylic acids is 3. The summed E-state index contributed by atoms with van der Waals surface area (Å²) in [5.41, 5.74) is 2.77. The lowest BCUT2D eigenvalue weighted by molar-refractivity contribution is -0.136. The third kappa shape index (κ3) is 3.95. The van der Waals surface area contributed by atoms with Gasteiger partial charge in [-0.3, -0.25) is 19.7 Å². The van der Waals surface area contributed by atoms with Crippen molar-refractivity contribution < 1.29 is 14.4 Å². The zero-order chi connectivity index (χ0) is 19.7. The number of amides is 3. The van der Waals surface area contributed by atoms with Gasteiger partial charge >= 0.3 is 0 Å². The lowest BCUT2D eigenvalue weighted by Gasteiger charge is -2.29. The Hall–Kier alpha value is -2.25. The van der Waals surface area contributed by atoms with E-state index < -0.39 is 6.04 Å². The molecule has 3 aliphatic rings. The van der Waals surface area contributed by atoms with Crippen LogP contribution in [0, 0.1) is 5.92 Å². The van der Waals surface area contributed by atoms with Crippen molar-refractivity contribution in [3.8, 4) is 0 Å². The van der Waals surface area contributed by atoms with E-state index in [0.717, 1.165) is 43.2 Å². The Morgan fingerprint density at radius 2 is 1.93 bits per heavy atom. The van der Waals surface area contributed by atoms with Gasteiger partial charge in [0.1, 0.15) is 6.04 Å². The van der Waals surface area contributed by atoms with Crippen LogP contribution in [0.5, 0.6) is 0 Å². The third-order valence-electron chi connectivity index (χ3n) is 6.07. The summed E-state index contributed by atoms with van der Waals surface area (Å²) in [7, 11) is 2.13. The molecule has 28 heavy (non-hydrogen) atoms. The SMILES string of the molecule is CN(Cc1ccc2c(c1)C(=O)N(C1CCC(=O)NC1=O)C2)CC1CCNCC1. The van der Waals surface area contributed by atoms with Crippen LogP contribution >= 0.6 is 0 Å². The van der Waals surface area contributed by atoms with Crippen LogP contribution < -0.4 is 10.6 Å². The van der Waals surface area contributed by atoms with Gasteiger partial charge in [-0.15, -0.1) is 0 Å². The fourth-order valence-electron chi connectivity index (χ4n) is 4.58. The van der Waals surface area contributed by atoms with Crippen LogP contribution in [0.3, 0.4) is 0 Å². The number of nitrogens with zero attached hydrogens (tertiary/aromatic N) is 2. The van der Waals surface area contributed by atoms with Crippen molar-refractivity contribution in [1.29, 1.82) is 0 Å². The van der Waals surface area contributed by atoms with E-state index in [9.17, 15) is 14.4 Å². The van der Waals surface area contributed by atoms with Crippen LogP contribution in [0.25, 0.3) is 0 Å². The van der Waals surface area contributed by atoms with E-state index in [-0.39, 0.29) is 24.1 Å². The number of nitrogens with one attached hydrogen (secondary N) is 2. The maximum atomic E-state index is 12.9. The Morgan fingerprint density at radius 3 is 2.68 bits per heavy atom. The average Bonchev–Trinajstić information content (AvgIpc) is 2.99. The molecule has 3 amide bonds. The molecule has 7 nitrogen and oxygen atoms in total. The van der Waals surface area contributed by atoms with Crippen LogP contribution in [0.1, 0.15) is 47.2 Å². The summed E-state index contributed by atoms with van der Waals surface area (Å²) >= 11 is 0. The predicted octanol–water partition coefficient (Wildman–Crippen LogP) is 0.879. The lowest BCUT2D eigenvalue weighted by Crippen LogP contribution is -2.52. The second kappa shape index (κ2) is 8.01. The van der Waals surface area contributed by atoms with E-state index in [1.54, 1.807) is 4.90 Å². The quantitative estimate of drug-likeness (QED) is 0.737. The summed E-state index contributed by atoms with van der Waals surface area (Å²) in [6.07, 6.45) is 3.11. The first-order valence-corrected chi connectivity index (χ1v) is 10.2. The number of rotatable bonds is 5. The highest BCUT2D eigenvalue weighted by atomic mass is 16.2. The second-order valence-electron chi connectivity index (χ2n) is 8.28. The van der Waals surface area contributed by atoms with E-state index in [0.29, 0.717) is 18.5 Å². The minimum atomic E-state index is -0.552. The van der Waals surface area contributed by atoms with Crippen LogP contribution in [0.15, 0.2) is 18.2 Å². The minimum Gasteiger partial charge on any atom is -0.322 e. The number of piperidine rings is 2. The van der Waals surface area contributed by atoms with Crippen LogP contribution in [0.2, 0.25) is 0 Å². The van der Waals surface area contributed by atoms with E-state index >= 15 is 0 Å². The predicted molar refractivity (Wildman–Crippen MR) is 104 cm³/mol. The van der Waals surface area contributed by atoms with E-state index in [4.69, 9.17) is 0 Å². The summed E-state index contributed by atoms with van der Waals surface area (Å²) in [4.78, 5) is 40.4. The van der Waals surface area contributed by atoms with Gasteiger partial charge in [0.2, 0.25) is 11.8 Å². The van der Waals surface area contributed by atoms with Crippen LogP contribution in [-0.4, -0.2) is 60.2 Å². The van der Waals surface area contributed by atoms with Gasteiger partial charge in [-0.25, -0.2) is 0 Å². The molecule has 0 saturated carbocycles. The topological polar surface area (TPSA) is 81.8 Å². The summed E-state index contributed by atoms with van der Waals surface area (Å²) in [6, 6.07) is 5.51. The van der Waals surface area contributed by atoms with E-state index in [2.05, 4.69) is 28.6 Å². The minimum absolute atomic E-state index is 0.104. The fourth-order valence-corrected chi connectivity index (χ4v) is 4.58. The Labute approximate surface area is 165 Å². The number of hydrogen-bond donors (Lipinski definition) is 2. The summed E-state index contributed by atoms with van der Waals surface area (Å²) in [6.45, 7) is 4.51. The first kappa shape index (κ1) is 19.1. The zero-order valence-corrected chi connectivity index (χ0v) is 16.4.